The lowest BCUT2D eigenvalue weighted by atomic mass is 9.80. The van der Waals surface area contributed by atoms with Crippen molar-refractivity contribution in [3.63, 3.8) is 0 Å². The van der Waals surface area contributed by atoms with Gasteiger partial charge >= 0.3 is 0 Å². The Kier molecular flexibility index (Phi) is 4.43. The predicted molar refractivity (Wildman–Crippen MR) is 106 cm³/mol. The van der Waals surface area contributed by atoms with Gasteiger partial charge in [0, 0.05) is 16.7 Å². The standard InChI is InChI=1S/C22H26N4/c1-22(2,3)21-20(18-14-23-26-25-18)19(15-10-6-4-7-11-15)16-12-8-5-9-13-17(16)24-21/h4,6-7,10-11H,5,8-9,12-14H2,1-3H3. The normalized spacial score (nSPS) is 17.0. The minimum atomic E-state index is -0.0642. The van der Waals surface area contributed by atoms with Gasteiger partial charge in [0.15, 0.2) is 0 Å². The second kappa shape index (κ2) is 6.75. The van der Waals surface area contributed by atoms with E-state index in [4.69, 9.17) is 4.98 Å². The third-order valence-corrected chi connectivity index (χ3v) is 5.23. The van der Waals surface area contributed by atoms with E-state index in [9.17, 15) is 0 Å². The molecule has 26 heavy (non-hydrogen) atoms. The van der Waals surface area contributed by atoms with Crippen molar-refractivity contribution < 1.29 is 0 Å². The van der Waals surface area contributed by atoms with Crippen molar-refractivity contribution in [2.24, 2.45) is 15.4 Å². The van der Waals surface area contributed by atoms with Gasteiger partial charge in [-0.2, -0.15) is 5.11 Å². The molecular weight excluding hydrogens is 320 g/mol. The van der Waals surface area contributed by atoms with Crippen molar-refractivity contribution in [1.82, 2.24) is 4.98 Å². The molecule has 0 bridgehead atoms. The molecule has 0 spiro atoms. The highest BCUT2D eigenvalue weighted by atomic mass is 15.4. The van der Waals surface area contributed by atoms with Gasteiger partial charge in [-0.05, 0) is 47.6 Å². The summed E-state index contributed by atoms with van der Waals surface area (Å²) in [4.78, 5) is 5.21. The molecule has 4 nitrogen and oxygen atoms in total. The predicted octanol–water partition coefficient (Wildman–Crippen LogP) is 5.48. The van der Waals surface area contributed by atoms with E-state index in [2.05, 4.69) is 66.5 Å². The van der Waals surface area contributed by atoms with Crippen LogP contribution >= 0.6 is 0 Å². The molecule has 1 aromatic carbocycles. The Morgan fingerprint density at radius 2 is 1.65 bits per heavy atom. The first-order valence-electron chi connectivity index (χ1n) is 9.61. The van der Waals surface area contributed by atoms with Gasteiger partial charge in [-0.25, -0.2) is 0 Å². The van der Waals surface area contributed by atoms with Crippen LogP contribution < -0.4 is 0 Å². The van der Waals surface area contributed by atoms with Crippen LogP contribution in [-0.4, -0.2) is 17.2 Å². The molecule has 1 aromatic heterocycles. The van der Waals surface area contributed by atoms with Crippen LogP contribution in [0.1, 0.15) is 62.5 Å². The largest absolute Gasteiger partial charge is 0.256 e. The van der Waals surface area contributed by atoms with Crippen LogP contribution in [0.5, 0.6) is 0 Å². The van der Waals surface area contributed by atoms with Gasteiger partial charge in [0.25, 0.3) is 0 Å². The Morgan fingerprint density at radius 1 is 0.885 bits per heavy atom. The lowest BCUT2D eigenvalue weighted by Crippen LogP contribution is -2.23. The summed E-state index contributed by atoms with van der Waals surface area (Å²) in [5.41, 5.74) is 8.43. The second-order valence-electron chi connectivity index (χ2n) is 8.25. The summed E-state index contributed by atoms with van der Waals surface area (Å²) in [6.07, 6.45) is 5.88. The van der Waals surface area contributed by atoms with Gasteiger partial charge in [0.05, 0.1) is 11.4 Å². The van der Waals surface area contributed by atoms with E-state index in [0.717, 1.165) is 29.8 Å². The summed E-state index contributed by atoms with van der Waals surface area (Å²) in [5, 5.41) is 12.4. The fourth-order valence-corrected chi connectivity index (χ4v) is 4.01. The summed E-state index contributed by atoms with van der Waals surface area (Å²) in [6.45, 7) is 7.25. The van der Waals surface area contributed by atoms with Crippen LogP contribution in [0.25, 0.3) is 11.1 Å². The zero-order valence-electron chi connectivity index (χ0n) is 15.9. The number of pyridine rings is 1. The third-order valence-electron chi connectivity index (χ3n) is 5.23. The zero-order chi connectivity index (χ0) is 18.1. The van der Waals surface area contributed by atoms with E-state index < -0.39 is 0 Å². The third kappa shape index (κ3) is 3.09. The minimum Gasteiger partial charge on any atom is -0.256 e. The summed E-state index contributed by atoms with van der Waals surface area (Å²) in [7, 11) is 0. The molecule has 0 N–H and O–H groups in total. The van der Waals surface area contributed by atoms with E-state index in [0.29, 0.717) is 6.54 Å². The van der Waals surface area contributed by atoms with Crippen LogP contribution in [0.15, 0.2) is 45.8 Å². The smallest absolute Gasteiger partial charge is 0.107 e. The fourth-order valence-electron chi connectivity index (χ4n) is 4.01. The number of benzene rings is 1. The first-order chi connectivity index (χ1) is 12.6. The molecule has 0 unspecified atom stereocenters. The summed E-state index contributed by atoms with van der Waals surface area (Å²) in [6, 6.07) is 10.7. The molecular formula is C22H26N4. The highest BCUT2D eigenvalue weighted by Gasteiger charge is 2.30. The maximum Gasteiger partial charge on any atom is 0.107 e. The van der Waals surface area contributed by atoms with Crippen molar-refractivity contribution in [3.8, 4) is 11.1 Å². The lowest BCUT2D eigenvalue weighted by molar-refractivity contribution is 0.563. The Balaban J connectivity index is 2.07. The SMILES string of the molecule is CC(C)(C)c1nc2c(c(-c3ccccc3)c1C1=NN=NC1)CCCCC2. The molecule has 1 aliphatic carbocycles. The Hall–Kier alpha value is -2.36. The summed E-state index contributed by atoms with van der Waals surface area (Å²) >= 11 is 0. The Morgan fingerprint density at radius 3 is 2.35 bits per heavy atom. The van der Waals surface area contributed by atoms with E-state index in [1.54, 1.807) is 0 Å². The molecule has 2 heterocycles. The molecule has 4 rings (SSSR count). The number of hydrogen-bond acceptors (Lipinski definition) is 4. The molecule has 4 heteroatoms. The fraction of sp³-hybridized carbons (Fsp3) is 0.455. The lowest BCUT2D eigenvalue weighted by Gasteiger charge is -2.27. The van der Waals surface area contributed by atoms with Crippen LogP contribution in [0.3, 0.4) is 0 Å². The van der Waals surface area contributed by atoms with Crippen molar-refractivity contribution in [1.29, 1.82) is 0 Å². The number of hydrogen-bond donors (Lipinski definition) is 0. The zero-order valence-corrected chi connectivity index (χ0v) is 15.9. The second-order valence-corrected chi connectivity index (χ2v) is 8.25. The molecule has 0 atom stereocenters. The summed E-state index contributed by atoms with van der Waals surface area (Å²) < 4.78 is 0. The van der Waals surface area contributed by atoms with E-state index in [1.807, 2.05) is 0 Å². The average Bonchev–Trinajstić information content (AvgIpc) is 3.05. The molecule has 0 radical (unpaired) electrons. The van der Waals surface area contributed by atoms with Crippen molar-refractivity contribution in [3.05, 3.63) is 52.8 Å². The van der Waals surface area contributed by atoms with Gasteiger partial charge < -0.3 is 0 Å². The highest BCUT2D eigenvalue weighted by Crippen LogP contribution is 2.39. The van der Waals surface area contributed by atoms with Crippen LogP contribution in [0.4, 0.5) is 0 Å². The maximum absolute atomic E-state index is 5.21. The van der Waals surface area contributed by atoms with Crippen LogP contribution in [0, 0.1) is 0 Å². The number of nitrogens with zero attached hydrogens (tertiary/aromatic N) is 4. The number of fused-ring (bicyclic) bond motifs is 1. The Bertz CT molecular complexity index is 873. The maximum atomic E-state index is 5.21. The molecule has 0 amide bonds. The molecule has 2 aliphatic rings. The van der Waals surface area contributed by atoms with Gasteiger partial charge in [-0.1, -0.05) is 57.5 Å². The molecule has 2 aromatic rings. The van der Waals surface area contributed by atoms with Crippen molar-refractivity contribution in [2.75, 3.05) is 6.54 Å². The Labute approximate surface area is 155 Å². The van der Waals surface area contributed by atoms with Crippen LogP contribution in [-0.2, 0) is 18.3 Å². The molecule has 0 saturated carbocycles. The first kappa shape index (κ1) is 17.1. The topological polar surface area (TPSA) is 50.0 Å². The van der Waals surface area contributed by atoms with Gasteiger partial charge in [0.1, 0.15) is 6.54 Å². The van der Waals surface area contributed by atoms with E-state index in [-0.39, 0.29) is 5.41 Å². The number of rotatable bonds is 2. The highest BCUT2D eigenvalue weighted by molar-refractivity contribution is 6.09. The number of aryl methyl sites for hydroxylation is 1. The summed E-state index contributed by atoms with van der Waals surface area (Å²) in [5.74, 6) is 0. The monoisotopic (exact) mass is 346 g/mol. The average molecular weight is 346 g/mol. The quantitative estimate of drug-likeness (QED) is 0.664. The van der Waals surface area contributed by atoms with E-state index in [1.165, 1.54) is 41.6 Å². The molecule has 1 aliphatic heterocycles. The molecule has 0 saturated heterocycles. The minimum absolute atomic E-state index is 0.0642. The van der Waals surface area contributed by atoms with Gasteiger partial charge in [-0.15, -0.1) is 5.10 Å². The van der Waals surface area contributed by atoms with Gasteiger partial charge in [0.2, 0.25) is 0 Å². The number of aromatic nitrogens is 1. The van der Waals surface area contributed by atoms with Crippen molar-refractivity contribution in [2.45, 2.75) is 58.3 Å². The van der Waals surface area contributed by atoms with Crippen LogP contribution in [0.2, 0.25) is 0 Å². The molecule has 134 valence electrons. The van der Waals surface area contributed by atoms with Crippen molar-refractivity contribution >= 4 is 5.71 Å². The van der Waals surface area contributed by atoms with E-state index >= 15 is 0 Å². The van der Waals surface area contributed by atoms with Gasteiger partial charge in [-0.3, -0.25) is 4.98 Å². The molecule has 0 fully saturated rings. The first-order valence-corrected chi connectivity index (χ1v) is 9.61.